The minimum atomic E-state index is 0.355. The number of ether oxygens (including phenoxy) is 1. The highest BCUT2D eigenvalue weighted by molar-refractivity contribution is 4.96. The molecule has 1 heterocycles. The molecule has 66 valence electrons. The van der Waals surface area contributed by atoms with Crippen LogP contribution >= 0.6 is 0 Å². The second kappa shape index (κ2) is 2.76. The molecular formula is C9H19NO. The van der Waals surface area contributed by atoms with Gasteiger partial charge in [0, 0.05) is 12.0 Å². The molecule has 1 aliphatic rings. The summed E-state index contributed by atoms with van der Waals surface area (Å²) in [5.41, 5.74) is 0.732. The van der Waals surface area contributed by atoms with Gasteiger partial charge >= 0.3 is 0 Å². The smallest absolute Gasteiger partial charge is 0.0562 e. The molecular weight excluding hydrogens is 138 g/mol. The van der Waals surface area contributed by atoms with Crippen LogP contribution in [0.2, 0.25) is 0 Å². The van der Waals surface area contributed by atoms with Gasteiger partial charge in [-0.2, -0.15) is 0 Å². The second-order valence-electron chi connectivity index (χ2n) is 4.55. The molecule has 0 atom stereocenters. The summed E-state index contributed by atoms with van der Waals surface area (Å²) in [6.07, 6.45) is 0. The van der Waals surface area contributed by atoms with E-state index < -0.39 is 0 Å². The molecule has 0 aromatic heterocycles. The number of hydrogen-bond acceptors (Lipinski definition) is 2. The third-order valence-electron chi connectivity index (χ3n) is 2.86. The average molecular weight is 157 g/mol. The fraction of sp³-hybridized carbons (Fsp3) is 1.00. The van der Waals surface area contributed by atoms with Crippen molar-refractivity contribution in [2.45, 2.75) is 20.8 Å². The first-order chi connectivity index (χ1) is 5.02. The molecule has 1 rings (SSSR count). The lowest BCUT2D eigenvalue weighted by atomic mass is 9.65. The van der Waals surface area contributed by atoms with Crippen molar-refractivity contribution < 1.29 is 4.74 Å². The molecule has 0 saturated carbocycles. The first-order valence-corrected chi connectivity index (χ1v) is 4.24. The Morgan fingerprint density at radius 3 is 2.00 bits per heavy atom. The van der Waals surface area contributed by atoms with Gasteiger partial charge in [0.1, 0.15) is 0 Å². The van der Waals surface area contributed by atoms with Gasteiger partial charge in [0.2, 0.25) is 0 Å². The summed E-state index contributed by atoms with van der Waals surface area (Å²) in [5.74, 6) is 0. The topological polar surface area (TPSA) is 21.3 Å². The molecule has 0 aromatic rings. The van der Waals surface area contributed by atoms with Crippen LogP contribution in [0.3, 0.4) is 0 Å². The molecule has 0 amide bonds. The van der Waals surface area contributed by atoms with E-state index in [-0.39, 0.29) is 0 Å². The van der Waals surface area contributed by atoms with Crippen LogP contribution in [0.15, 0.2) is 0 Å². The van der Waals surface area contributed by atoms with Gasteiger partial charge in [-0.05, 0) is 12.5 Å². The van der Waals surface area contributed by atoms with Crippen molar-refractivity contribution in [2.24, 2.45) is 10.8 Å². The summed E-state index contributed by atoms with van der Waals surface area (Å²) in [5, 5.41) is 3.24. The highest BCUT2D eigenvalue weighted by Crippen LogP contribution is 2.43. The minimum Gasteiger partial charge on any atom is -0.380 e. The molecule has 0 radical (unpaired) electrons. The van der Waals surface area contributed by atoms with E-state index in [9.17, 15) is 0 Å². The Morgan fingerprint density at radius 1 is 1.36 bits per heavy atom. The van der Waals surface area contributed by atoms with Crippen LogP contribution in [0.25, 0.3) is 0 Å². The Kier molecular flexibility index (Phi) is 2.26. The summed E-state index contributed by atoms with van der Waals surface area (Å²) in [4.78, 5) is 0. The molecule has 2 nitrogen and oxygen atoms in total. The van der Waals surface area contributed by atoms with Gasteiger partial charge in [0.25, 0.3) is 0 Å². The van der Waals surface area contributed by atoms with E-state index in [4.69, 9.17) is 4.74 Å². The summed E-state index contributed by atoms with van der Waals surface area (Å²) in [7, 11) is 2.01. The van der Waals surface area contributed by atoms with Crippen LogP contribution < -0.4 is 5.32 Å². The van der Waals surface area contributed by atoms with Crippen molar-refractivity contribution in [3.63, 3.8) is 0 Å². The molecule has 1 fully saturated rings. The van der Waals surface area contributed by atoms with Gasteiger partial charge in [0.15, 0.2) is 0 Å². The first-order valence-electron chi connectivity index (χ1n) is 4.24. The molecule has 1 N–H and O–H groups in total. The van der Waals surface area contributed by atoms with Crippen molar-refractivity contribution in [3.05, 3.63) is 0 Å². The lowest BCUT2D eigenvalue weighted by molar-refractivity contribution is -0.166. The third kappa shape index (κ3) is 1.42. The number of nitrogens with one attached hydrogen (secondary N) is 1. The van der Waals surface area contributed by atoms with Crippen molar-refractivity contribution >= 4 is 0 Å². The molecule has 2 heteroatoms. The van der Waals surface area contributed by atoms with Crippen LogP contribution in [0.4, 0.5) is 0 Å². The van der Waals surface area contributed by atoms with Gasteiger partial charge in [0.05, 0.1) is 13.2 Å². The summed E-state index contributed by atoms with van der Waals surface area (Å²) < 4.78 is 5.28. The summed E-state index contributed by atoms with van der Waals surface area (Å²) in [6.45, 7) is 9.75. The van der Waals surface area contributed by atoms with Crippen LogP contribution in [0.5, 0.6) is 0 Å². The molecule has 0 aromatic carbocycles. The maximum Gasteiger partial charge on any atom is 0.0562 e. The maximum absolute atomic E-state index is 5.28. The molecule has 0 bridgehead atoms. The van der Waals surface area contributed by atoms with Gasteiger partial charge < -0.3 is 10.1 Å². The molecule has 1 saturated heterocycles. The molecule has 11 heavy (non-hydrogen) atoms. The quantitative estimate of drug-likeness (QED) is 0.651. The van der Waals surface area contributed by atoms with Crippen LogP contribution in [0.1, 0.15) is 20.8 Å². The standard InChI is InChI=1S/C9H19NO/c1-8(2,3)9(5-10-4)6-11-7-9/h10H,5-7H2,1-4H3. The van der Waals surface area contributed by atoms with Crippen molar-refractivity contribution in [1.82, 2.24) is 5.32 Å². The van der Waals surface area contributed by atoms with E-state index in [2.05, 4.69) is 26.1 Å². The van der Waals surface area contributed by atoms with E-state index >= 15 is 0 Å². The van der Waals surface area contributed by atoms with Crippen molar-refractivity contribution in [3.8, 4) is 0 Å². The van der Waals surface area contributed by atoms with Crippen molar-refractivity contribution in [2.75, 3.05) is 26.8 Å². The van der Waals surface area contributed by atoms with E-state index in [1.165, 1.54) is 0 Å². The van der Waals surface area contributed by atoms with Gasteiger partial charge in [-0.25, -0.2) is 0 Å². The SMILES string of the molecule is CNCC1(C(C)(C)C)COC1. The summed E-state index contributed by atoms with van der Waals surface area (Å²) in [6, 6.07) is 0. The van der Waals surface area contributed by atoms with Gasteiger partial charge in [-0.1, -0.05) is 20.8 Å². The molecule has 1 aliphatic heterocycles. The zero-order valence-corrected chi connectivity index (χ0v) is 8.03. The van der Waals surface area contributed by atoms with E-state index in [1.807, 2.05) is 7.05 Å². The van der Waals surface area contributed by atoms with Crippen LogP contribution in [0, 0.1) is 10.8 Å². The Hall–Kier alpha value is -0.0800. The summed E-state index contributed by atoms with van der Waals surface area (Å²) >= 11 is 0. The Bertz CT molecular complexity index is 133. The predicted molar refractivity (Wildman–Crippen MR) is 46.6 cm³/mol. The van der Waals surface area contributed by atoms with E-state index in [0.717, 1.165) is 19.8 Å². The average Bonchev–Trinajstić information content (AvgIpc) is 1.75. The normalized spacial score (nSPS) is 22.9. The molecule has 0 unspecified atom stereocenters. The number of hydrogen-bond donors (Lipinski definition) is 1. The lowest BCUT2D eigenvalue weighted by Gasteiger charge is -2.51. The third-order valence-corrected chi connectivity index (χ3v) is 2.86. The predicted octanol–water partition coefficient (Wildman–Crippen LogP) is 1.27. The van der Waals surface area contributed by atoms with Crippen LogP contribution in [-0.4, -0.2) is 26.8 Å². The highest BCUT2D eigenvalue weighted by atomic mass is 16.5. The van der Waals surface area contributed by atoms with Gasteiger partial charge in [-0.3, -0.25) is 0 Å². The Balaban J connectivity index is 2.60. The molecule has 0 aliphatic carbocycles. The second-order valence-corrected chi connectivity index (χ2v) is 4.55. The first kappa shape index (κ1) is 9.01. The zero-order chi connectivity index (χ0) is 8.54. The number of rotatable bonds is 2. The Labute approximate surface area is 69.3 Å². The van der Waals surface area contributed by atoms with Crippen molar-refractivity contribution in [1.29, 1.82) is 0 Å². The largest absolute Gasteiger partial charge is 0.380 e. The zero-order valence-electron chi connectivity index (χ0n) is 8.03. The highest BCUT2D eigenvalue weighted by Gasteiger charge is 2.47. The van der Waals surface area contributed by atoms with E-state index in [1.54, 1.807) is 0 Å². The van der Waals surface area contributed by atoms with E-state index in [0.29, 0.717) is 10.8 Å². The Morgan fingerprint density at radius 2 is 1.91 bits per heavy atom. The fourth-order valence-corrected chi connectivity index (χ4v) is 1.49. The maximum atomic E-state index is 5.28. The fourth-order valence-electron chi connectivity index (χ4n) is 1.49. The monoisotopic (exact) mass is 157 g/mol. The minimum absolute atomic E-state index is 0.355. The molecule has 0 spiro atoms. The van der Waals surface area contributed by atoms with Gasteiger partial charge in [-0.15, -0.1) is 0 Å². The lowest BCUT2D eigenvalue weighted by Crippen LogP contribution is -2.56. The van der Waals surface area contributed by atoms with Crippen LogP contribution in [-0.2, 0) is 4.74 Å².